The van der Waals surface area contributed by atoms with Crippen molar-refractivity contribution in [3.63, 3.8) is 0 Å². The molecule has 0 bridgehead atoms. The third-order valence-corrected chi connectivity index (χ3v) is 4.82. The average Bonchev–Trinajstić information content (AvgIpc) is 3.19. The summed E-state index contributed by atoms with van der Waals surface area (Å²) in [6.45, 7) is 4.26. The first-order chi connectivity index (χ1) is 11.1. The van der Waals surface area contributed by atoms with Gasteiger partial charge in [0.1, 0.15) is 5.82 Å². The molecule has 1 unspecified atom stereocenters. The highest BCUT2D eigenvalue weighted by Gasteiger charge is 2.19. The van der Waals surface area contributed by atoms with Gasteiger partial charge in [-0.1, -0.05) is 32.0 Å². The van der Waals surface area contributed by atoms with E-state index < -0.39 is 0 Å². The number of benzene rings is 1. The number of para-hydroxylation sites is 2. The van der Waals surface area contributed by atoms with Gasteiger partial charge in [0.25, 0.3) is 0 Å². The molecule has 0 aliphatic heterocycles. The summed E-state index contributed by atoms with van der Waals surface area (Å²) in [5.74, 6) is 1.29. The van der Waals surface area contributed by atoms with Crippen LogP contribution in [0.15, 0.2) is 41.8 Å². The van der Waals surface area contributed by atoms with Crippen molar-refractivity contribution >= 4 is 28.3 Å². The average molecular weight is 327 g/mol. The number of rotatable bonds is 6. The van der Waals surface area contributed by atoms with Gasteiger partial charge in [0.2, 0.25) is 5.91 Å². The number of amides is 1. The Kier molecular flexibility index (Phi) is 4.76. The minimum Gasteiger partial charge on any atom is -0.348 e. The quantitative estimate of drug-likeness (QED) is 0.717. The van der Waals surface area contributed by atoms with Gasteiger partial charge in [-0.25, -0.2) is 4.98 Å². The minimum atomic E-state index is 0.0672. The molecule has 3 aromatic rings. The minimum absolute atomic E-state index is 0.0672. The number of nitrogens with zero attached hydrogens (tertiary/aromatic N) is 1. The Morgan fingerprint density at radius 3 is 2.78 bits per heavy atom. The molecule has 0 aliphatic rings. The molecule has 4 nitrogen and oxygen atoms in total. The van der Waals surface area contributed by atoms with E-state index in [2.05, 4.69) is 35.2 Å². The molecule has 0 radical (unpaired) electrons. The van der Waals surface area contributed by atoms with E-state index in [1.165, 1.54) is 4.88 Å². The fraction of sp³-hybridized carbons (Fsp3) is 0.333. The maximum absolute atomic E-state index is 12.3. The second kappa shape index (κ2) is 6.96. The molecule has 0 saturated carbocycles. The molecule has 0 fully saturated rings. The second-order valence-corrected chi connectivity index (χ2v) is 6.98. The van der Waals surface area contributed by atoms with Crippen molar-refractivity contribution in [1.82, 2.24) is 15.3 Å². The van der Waals surface area contributed by atoms with Crippen LogP contribution < -0.4 is 5.32 Å². The molecule has 2 aromatic heterocycles. The van der Waals surface area contributed by atoms with E-state index in [4.69, 9.17) is 0 Å². The Morgan fingerprint density at radius 2 is 2.09 bits per heavy atom. The number of carbonyl (C=O) groups excluding carboxylic acids is 1. The first-order valence-corrected chi connectivity index (χ1v) is 8.78. The molecule has 0 spiro atoms. The maximum Gasteiger partial charge on any atom is 0.220 e. The van der Waals surface area contributed by atoms with E-state index >= 15 is 0 Å². The number of fused-ring (bicyclic) bond motifs is 1. The predicted molar refractivity (Wildman–Crippen MR) is 94.5 cm³/mol. The largest absolute Gasteiger partial charge is 0.348 e. The summed E-state index contributed by atoms with van der Waals surface area (Å²) in [7, 11) is 0. The van der Waals surface area contributed by atoms with Gasteiger partial charge >= 0.3 is 0 Å². The lowest BCUT2D eigenvalue weighted by atomic mass is 10.0. The maximum atomic E-state index is 12.3. The van der Waals surface area contributed by atoms with Crippen molar-refractivity contribution < 1.29 is 4.79 Å². The number of aromatic nitrogens is 2. The van der Waals surface area contributed by atoms with Gasteiger partial charge in [-0.3, -0.25) is 4.79 Å². The summed E-state index contributed by atoms with van der Waals surface area (Å²) in [6, 6.07) is 12.1. The molecule has 1 aromatic carbocycles. The fourth-order valence-electron chi connectivity index (χ4n) is 2.64. The summed E-state index contributed by atoms with van der Waals surface area (Å²) >= 11 is 1.69. The molecule has 2 heterocycles. The van der Waals surface area contributed by atoms with Gasteiger partial charge < -0.3 is 10.3 Å². The summed E-state index contributed by atoms with van der Waals surface area (Å²) in [5, 5.41) is 5.20. The van der Waals surface area contributed by atoms with Crippen molar-refractivity contribution in [3.05, 3.63) is 52.5 Å². The molecule has 1 atom stereocenters. The van der Waals surface area contributed by atoms with Crippen LogP contribution in [0, 0.1) is 5.92 Å². The lowest BCUT2D eigenvalue weighted by molar-refractivity contribution is -0.122. The van der Waals surface area contributed by atoms with Crippen LogP contribution >= 0.6 is 11.3 Å². The van der Waals surface area contributed by atoms with Crippen LogP contribution in [-0.4, -0.2) is 15.9 Å². The summed E-state index contributed by atoms with van der Waals surface area (Å²) in [5.41, 5.74) is 1.96. The normalized spacial score (nSPS) is 12.7. The number of H-pyrrole nitrogens is 1. The zero-order valence-corrected chi connectivity index (χ0v) is 14.2. The second-order valence-electron chi connectivity index (χ2n) is 6.01. The summed E-state index contributed by atoms with van der Waals surface area (Å²) in [6.07, 6.45) is 1.06. The highest BCUT2D eigenvalue weighted by molar-refractivity contribution is 7.10. The van der Waals surface area contributed by atoms with E-state index in [0.717, 1.165) is 16.9 Å². The molecule has 120 valence electrons. The molecule has 3 rings (SSSR count). The number of carbonyl (C=O) groups is 1. The standard InChI is InChI=1S/C18H21N3OS/c1-12(2)18(15-8-5-11-23-15)21-17(22)10-9-16-19-13-6-3-4-7-14(13)20-16/h3-8,11-12,18H,9-10H2,1-2H3,(H,19,20)(H,21,22). The van der Waals surface area contributed by atoms with Crippen LogP contribution in [0.25, 0.3) is 11.0 Å². The van der Waals surface area contributed by atoms with Crippen LogP contribution in [0.4, 0.5) is 0 Å². The van der Waals surface area contributed by atoms with Gasteiger partial charge in [-0.2, -0.15) is 0 Å². The highest BCUT2D eigenvalue weighted by Crippen LogP contribution is 2.25. The number of aromatic amines is 1. The van der Waals surface area contributed by atoms with Crippen LogP contribution in [0.5, 0.6) is 0 Å². The van der Waals surface area contributed by atoms with E-state index in [9.17, 15) is 4.79 Å². The Bertz CT molecular complexity index is 744. The summed E-state index contributed by atoms with van der Waals surface area (Å²) in [4.78, 5) is 21.3. The van der Waals surface area contributed by atoms with Gasteiger partial charge in [0.15, 0.2) is 0 Å². The van der Waals surface area contributed by atoms with Crippen molar-refractivity contribution in [1.29, 1.82) is 0 Å². The topological polar surface area (TPSA) is 57.8 Å². The monoisotopic (exact) mass is 327 g/mol. The SMILES string of the molecule is CC(C)C(NC(=O)CCc1nc2ccccc2[nH]1)c1cccs1. The van der Waals surface area contributed by atoms with Crippen molar-refractivity contribution in [2.24, 2.45) is 5.92 Å². The lowest BCUT2D eigenvalue weighted by Gasteiger charge is -2.21. The zero-order chi connectivity index (χ0) is 16.2. The highest BCUT2D eigenvalue weighted by atomic mass is 32.1. The molecule has 5 heteroatoms. The molecule has 1 amide bonds. The van der Waals surface area contributed by atoms with Crippen LogP contribution in [-0.2, 0) is 11.2 Å². The van der Waals surface area contributed by atoms with Crippen molar-refractivity contribution in [2.75, 3.05) is 0 Å². The first-order valence-electron chi connectivity index (χ1n) is 7.90. The summed E-state index contributed by atoms with van der Waals surface area (Å²) < 4.78 is 0. The Morgan fingerprint density at radius 1 is 1.26 bits per heavy atom. The number of aryl methyl sites for hydroxylation is 1. The fourth-order valence-corrected chi connectivity index (χ4v) is 3.59. The van der Waals surface area contributed by atoms with Crippen LogP contribution in [0.3, 0.4) is 0 Å². The third-order valence-electron chi connectivity index (χ3n) is 3.86. The zero-order valence-electron chi connectivity index (χ0n) is 13.4. The number of nitrogens with one attached hydrogen (secondary N) is 2. The van der Waals surface area contributed by atoms with Crippen LogP contribution in [0.1, 0.15) is 37.0 Å². The van der Waals surface area contributed by atoms with Gasteiger partial charge in [-0.05, 0) is 29.5 Å². The van der Waals surface area contributed by atoms with Crippen LogP contribution in [0.2, 0.25) is 0 Å². The molecular formula is C18H21N3OS. The predicted octanol–water partition coefficient (Wildman–Crippen LogP) is 4.07. The molecular weight excluding hydrogens is 306 g/mol. The molecule has 0 saturated heterocycles. The Labute approximate surface area is 140 Å². The van der Waals surface area contributed by atoms with Crippen molar-refractivity contribution in [3.8, 4) is 0 Å². The smallest absolute Gasteiger partial charge is 0.220 e. The number of imidazole rings is 1. The number of hydrogen-bond donors (Lipinski definition) is 2. The van der Waals surface area contributed by atoms with Gasteiger partial charge in [0, 0.05) is 17.7 Å². The van der Waals surface area contributed by atoms with E-state index in [1.54, 1.807) is 11.3 Å². The van der Waals surface area contributed by atoms with E-state index in [-0.39, 0.29) is 11.9 Å². The molecule has 23 heavy (non-hydrogen) atoms. The molecule has 2 N–H and O–H groups in total. The Hall–Kier alpha value is -2.14. The number of thiophene rings is 1. The van der Waals surface area contributed by atoms with Gasteiger partial charge in [-0.15, -0.1) is 11.3 Å². The Balaban J connectivity index is 1.60. The third kappa shape index (κ3) is 3.79. The molecule has 0 aliphatic carbocycles. The first kappa shape index (κ1) is 15.7. The van der Waals surface area contributed by atoms with Gasteiger partial charge in [0.05, 0.1) is 17.1 Å². The van der Waals surface area contributed by atoms with E-state index in [1.807, 2.05) is 35.7 Å². The lowest BCUT2D eigenvalue weighted by Crippen LogP contribution is -2.31. The van der Waals surface area contributed by atoms with Crippen molar-refractivity contribution in [2.45, 2.75) is 32.7 Å². The number of hydrogen-bond acceptors (Lipinski definition) is 3. The van der Waals surface area contributed by atoms with E-state index in [0.29, 0.717) is 18.8 Å².